The number of halogens is 2. The monoisotopic (exact) mass is 421 g/mol. The van der Waals surface area contributed by atoms with Gasteiger partial charge in [0, 0.05) is 40.5 Å². The van der Waals surface area contributed by atoms with E-state index in [0.29, 0.717) is 40.1 Å². The highest BCUT2D eigenvalue weighted by molar-refractivity contribution is 6.35. The van der Waals surface area contributed by atoms with Crippen molar-refractivity contribution in [1.29, 1.82) is 0 Å². The molecule has 2 aromatic carbocycles. The van der Waals surface area contributed by atoms with Crippen molar-refractivity contribution >= 4 is 52.1 Å². The largest absolute Gasteiger partial charge is 0.494 e. The van der Waals surface area contributed by atoms with Crippen LogP contribution in [-0.4, -0.2) is 31.5 Å². The molecule has 1 atom stereocenters. The lowest BCUT2D eigenvalue weighted by Crippen LogP contribution is -2.32. The Morgan fingerprint density at radius 1 is 1.14 bits per heavy atom. The maximum absolute atomic E-state index is 12.5. The molecule has 0 radical (unpaired) electrons. The molecule has 0 aromatic heterocycles. The first-order valence-corrected chi connectivity index (χ1v) is 9.65. The second-order valence-electron chi connectivity index (χ2n) is 6.55. The topological polar surface area (TPSA) is 70.7 Å². The Morgan fingerprint density at radius 2 is 1.86 bits per heavy atom. The third kappa shape index (κ3) is 4.69. The van der Waals surface area contributed by atoms with E-state index in [1.54, 1.807) is 43.2 Å². The molecule has 1 aliphatic heterocycles. The van der Waals surface area contributed by atoms with Gasteiger partial charge in [0.2, 0.25) is 11.8 Å². The van der Waals surface area contributed by atoms with E-state index in [4.69, 9.17) is 27.9 Å². The van der Waals surface area contributed by atoms with E-state index in [0.717, 1.165) is 12.1 Å². The number of nitrogens with zero attached hydrogens (tertiary/aromatic N) is 1. The van der Waals surface area contributed by atoms with Crippen molar-refractivity contribution in [2.45, 2.75) is 25.8 Å². The SMILES string of the molecule is COc1cc(NC(C)C(=O)Nc2cc(Cl)cc(Cl)c2)ccc1N1CCCC1=O. The molecule has 1 unspecified atom stereocenters. The van der Waals surface area contributed by atoms with Crippen molar-refractivity contribution < 1.29 is 14.3 Å². The fourth-order valence-electron chi connectivity index (χ4n) is 3.09. The Bertz CT molecular complexity index is 884. The zero-order valence-corrected chi connectivity index (χ0v) is 17.1. The van der Waals surface area contributed by atoms with Crippen LogP contribution in [0.4, 0.5) is 17.1 Å². The van der Waals surface area contributed by atoms with Crippen molar-refractivity contribution in [2.24, 2.45) is 0 Å². The van der Waals surface area contributed by atoms with E-state index in [1.165, 1.54) is 0 Å². The van der Waals surface area contributed by atoms with Crippen LogP contribution in [0.5, 0.6) is 5.75 Å². The second kappa shape index (κ2) is 8.71. The van der Waals surface area contributed by atoms with Gasteiger partial charge in [-0.25, -0.2) is 0 Å². The van der Waals surface area contributed by atoms with Crippen LogP contribution in [0.3, 0.4) is 0 Å². The fraction of sp³-hybridized carbons (Fsp3) is 0.300. The first-order valence-electron chi connectivity index (χ1n) is 8.89. The predicted octanol–water partition coefficient (Wildman–Crippen LogP) is 4.57. The van der Waals surface area contributed by atoms with Crippen LogP contribution < -0.4 is 20.3 Å². The van der Waals surface area contributed by atoms with E-state index in [-0.39, 0.29) is 11.8 Å². The lowest BCUT2D eigenvalue weighted by molar-refractivity contribution is -0.117. The van der Waals surface area contributed by atoms with Crippen LogP contribution in [-0.2, 0) is 9.59 Å². The molecule has 0 aliphatic carbocycles. The number of nitrogens with one attached hydrogen (secondary N) is 2. The normalized spacial score (nSPS) is 14.7. The molecule has 2 N–H and O–H groups in total. The summed E-state index contributed by atoms with van der Waals surface area (Å²) in [5.41, 5.74) is 1.97. The summed E-state index contributed by atoms with van der Waals surface area (Å²) in [6.07, 6.45) is 1.39. The first kappa shape index (κ1) is 20.3. The van der Waals surface area contributed by atoms with Gasteiger partial charge in [-0.3, -0.25) is 9.59 Å². The molecule has 0 spiro atoms. The van der Waals surface area contributed by atoms with E-state index in [9.17, 15) is 9.59 Å². The number of carbonyl (C=O) groups is 2. The van der Waals surface area contributed by atoms with Gasteiger partial charge in [-0.05, 0) is 43.7 Å². The van der Waals surface area contributed by atoms with Gasteiger partial charge in [0.05, 0.1) is 12.8 Å². The molecule has 8 heteroatoms. The molecule has 0 saturated carbocycles. The summed E-state index contributed by atoms with van der Waals surface area (Å²) in [5, 5.41) is 6.80. The van der Waals surface area contributed by atoms with E-state index in [1.807, 2.05) is 12.1 Å². The van der Waals surface area contributed by atoms with Gasteiger partial charge in [-0.15, -0.1) is 0 Å². The molecule has 1 fully saturated rings. The lowest BCUT2D eigenvalue weighted by atomic mass is 10.2. The summed E-state index contributed by atoms with van der Waals surface area (Å²) in [6, 6.07) is 9.75. The standard InChI is InChI=1S/C20H21Cl2N3O3/c1-12(20(27)24-16-9-13(21)8-14(22)10-16)23-15-5-6-17(18(11-15)28-2)25-7-3-4-19(25)26/h5-6,8-12,23H,3-4,7H2,1-2H3,(H,24,27). The Kier molecular flexibility index (Phi) is 6.31. The first-order chi connectivity index (χ1) is 13.4. The molecular formula is C20H21Cl2N3O3. The molecule has 2 aromatic rings. The summed E-state index contributed by atoms with van der Waals surface area (Å²) in [6.45, 7) is 2.43. The number of hydrogen-bond acceptors (Lipinski definition) is 4. The van der Waals surface area contributed by atoms with Gasteiger partial charge in [0.15, 0.2) is 0 Å². The van der Waals surface area contributed by atoms with E-state index in [2.05, 4.69) is 10.6 Å². The fourth-order valence-corrected chi connectivity index (χ4v) is 3.61. The summed E-state index contributed by atoms with van der Waals surface area (Å²) in [5.74, 6) is 0.428. The van der Waals surface area contributed by atoms with Crippen LogP contribution in [0.2, 0.25) is 10.0 Å². The molecule has 2 amide bonds. The van der Waals surface area contributed by atoms with Gasteiger partial charge < -0.3 is 20.3 Å². The van der Waals surface area contributed by atoms with Gasteiger partial charge >= 0.3 is 0 Å². The molecule has 1 aliphatic rings. The predicted molar refractivity (Wildman–Crippen MR) is 113 cm³/mol. The Labute approximate surface area is 173 Å². The van der Waals surface area contributed by atoms with Crippen LogP contribution >= 0.6 is 23.2 Å². The van der Waals surface area contributed by atoms with Gasteiger partial charge in [-0.2, -0.15) is 0 Å². The molecule has 6 nitrogen and oxygen atoms in total. The number of amides is 2. The minimum Gasteiger partial charge on any atom is -0.494 e. The summed E-state index contributed by atoms with van der Waals surface area (Å²) in [4.78, 5) is 26.2. The maximum atomic E-state index is 12.5. The Hall–Kier alpha value is -2.44. The molecular weight excluding hydrogens is 401 g/mol. The van der Waals surface area contributed by atoms with Crippen molar-refractivity contribution in [1.82, 2.24) is 0 Å². The summed E-state index contributed by atoms with van der Waals surface area (Å²) < 4.78 is 5.45. The lowest BCUT2D eigenvalue weighted by Gasteiger charge is -2.21. The molecule has 148 valence electrons. The number of hydrogen-bond donors (Lipinski definition) is 2. The van der Waals surface area contributed by atoms with Crippen LogP contribution in [0.1, 0.15) is 19.8 Å². The third-order valence-corrected chi connectivity index (χ3v) is 4.89. The van der Waals surface area contributed by atoms with E-state index < -0.39 is 6.04 Å². The number of benzene rings is 2. The Morgan fingerprint density at radius 3 is 2.46 bits per heavy atom. The van der Waals surface area contributed by atoms with Crippen molar-refractivity contribution in [3.05, 3.63) is 46.4 Å². The number of methoxy groups -OCH3 is 1. The van der Waals surface area contributed by atoms with Crippen LogP contribution in [0, 0.1) is 0 Å². The highest BCUT2D eigenvalue weighted by atomic mass is 35.5. The number of carbonyl (C=O) groups excluding carboxylic acids is 2. The number of ether oxygens (including phenoxy) is 1. The Balaban J connectivity index is 1.70. The maximum Gasteiger partial charge on any atom is 0.246 e. The van der Waals surface area contributed by atoms with Crippen molar-refractivity contribution in [3.8, 4) is 5.75 Å². The summed E-state index contributed by atoms with van der Waals surface area (Å²) >= 11 is 11.9. The smallest absolute Gasteiger partial charge is 0.246 e. The van der Waals surface area contributed by atoms with Gasteiger partial charge in [-0.1, -0.05) is 23.2 Å². The molecule has 1 heterocycles. The molecule has 28 heavy (non-hydrogen) atoms. The van der Waals surface area contributed by atoms with Gasteiger partial charge in [0.25, 0.3) is 0 Å². The average Bonchev–Trinajstić information content (AvgIpc) is 3.06. The zero-order chi connectivity index (χ0) is 20.3. The van der Waals surface area contributed by atoms with Crippen molar-refractivity contribution in [2.75, 3.05) is 29.2 Å². The van der Waals surface area contributed by atoms with Crippen LogP contribution in [0.15, 0.2) is 36.4 Å². The highest BCUT2D eigenvalue weighted by Crippen LogP contribution is 2.34. The number of anilines is 3. The van der Waals surface area contributed by atoms with Crippen LogP contribution in [0.25, 0.3) is 0 Å². The minimum atomic E-state index is -0.526. The number of rotatable bonds is 6. The highest BCUT2D eigenvalue weighted by Gasteiger charge is 2.24. The second-order valence-corrected chi connectivity index (χ2v) is 7.42. The molecule has 1 saturated heterocycles. The molecule has 0 bridgehead atoms. The quantitative estimate of drug-likeness (QED) is 0.716. The van der Waals surface area contributed by atoms with E-state index >= 15 is 0 Å². The van der Waals surface area contributed by atoms with Gasteiger partial charge in [0.1, 0.15) is 11.8 Å². The van der Waals surface area contributed by atoms with Crippen molar-refractivity contribution in [3.63, 3.8) is 0 Å². The molecule has 3 rings (SSSR count). The minimum absolute atomic E-state index is 0.0898. The zero-order valence-electron chi connectivity index (χ0n) is 15.6. The average molecular weight is 422 g/mol. The summed E-state index contributed by atoms with van der Waals surface area (Å²) in [7, 11) is 1.56. The third-order valence-electron chi connectivity index (χ3n) is 4.45.